The highest BCUT2D eigenvalue weighted by molar-refractivity contribution is 14.1. The molecule has 0 fully saturated rings. The van der Waals surface area contributed by atoms with E-state index in [0.29, 0.717) is 6.04 Å². The lowest BCUT2D eigenvalue weighted by molar-refractivity contribution is 0.723. The molecule has 0 N–H and O–H groups in total. The summed E-state index contributed by atoms with van der Waals surface area (Å²) in [4.78, 5) is 4.93. The van der Waals surface area contributed by atoms with E-state index < -0.39 is 0 Å². The van der Waals surface area contributed by atoms with Crippen LogP contribution in [-0.2, 0) is 0 Å². The van der Waals surface area contributed by atoms with E-state index >= 15 is 0 Å². The van der Waals surface area contributed by atoms with Crippen molar-refractivity contribution in [3.63, 3.8) is 0 Å². The minimum atomic E-state index is 0.339. The standard InChI is InChI=1S/C17H16IN/c1-12-4-2-3-5-15(12)17-11-10-16(19-17)13-6-8-14(18)9-7-13/h2-9,16H,10-11H2,1H3. The predicted octanol–water partition coefficient (Wildman–Crippen LogP) is 4.92. The topological polar surface area (TPSA) is 12.4 Å². The van der Waals surface area contributed by atoms with Crippen molar-refractivity contribution in [3.05, 3.63) is 68.8 Å². The van der Waals surface area contributed by atoms with Gasteiger partial charge in [0.1, 0.15) is 0 Å². The molecule has 19 heavy (non-hydrogen) atoms. The van der Waals surface area contributed by atoms with Crippen LogP contribution >= 0.6 is 22.6 Å². The summed E-state index contributed by atoms with van der Waals surface area (Å²) in [6.45, 7) is 2.16. The lowest BCUT2D eigenvalue weighted by Gasteiger charge is -2.06. The Hall–Kier alpha value is -1.16. The highest BCUT2D eigenvalue weighted by atomic mass is 127. The van der Waals surface area contributed by atoms with Gasteiger partial charge in [0.2, 0.25) is 0 Å². The molecule has 0 radical (unpaired) electrons. The SMILES string of the molecule is Cc1ccccc1C1=NC(c2ccc(I)cc2)CC1. The molecule has 2 heteroatoms. The van der Waals surface area contributed by atoms with Gasteiger partial charge in [-0.25, -0.2) is 0 Å². The van der Waals surface area contributed by atoms with Gasteiger partial charge < -0.3 is 0 Å². The largest absolute Gasteiger partial charge is 0.281 e. The van der Waals surface area contributed by atoms with Crippen LogP contribution in [0.15, 0.2) is 53.5 Å². The smallest absolute Gasteiger partial charge is 0.0756 e. The second kappa shape index (κ2) is 5.45. The van der Waals surface area contributed by atoms with Crippen LogP contribution in [0.3, 0.4) is 0 Å². The molecule has 1 heterocycles. The third-order valence-corrected chi connectivity index (χ3v) is 4.40. The number of benzene rings is 2. The normalized spacial score (nSPS) is 18.4. The van der Waals surface area contributed by atoms with Gasteiger partial charge in [-0.3, -0.25) is 4.99 Å². The first kappa shape index (κ1) is 12.9. The van der Waals surface area contributed by atoms with E-state index in [1.165, 1.54) is 26.0 Å². The van der Waals surface area contributed by atoms with Crippen molar-refractivity contribution in [2.45, 2.75) is 25.8 Å². The fourth-order valence-electron chi connectivity index (χ4n) is 2.62. The van der Waals surface area contributed by atoms with Crippen molar-refractivity contribution in [2.75, 3.05) is 0 Å². The summed E-state index contributed by atoms with van der Waals surface area (Å²) in [5.74, 6) is 0. The molecule has 0 saturated carbocycles. The van der Waals surface area contributed by atoms with Crippen molar-refractivity contribution >= 4 is 28.3 Å². The second-order valence-electron chi connectivity index (χ2n) is 5.00. The molecule has 1 atom stereocenters. The second-order valence-corrected chi connectivity index (χ2v) is 6.24. The maximum atomic E-state index is 4.93. The van der Waals surface area contributed by atoms with Gasteiger partial charge in [-0.1, -0.05) is 36.4 Å². The summed E-state index contributed by atoms with van der Waals surface area (Å²) in [6.07, 6.45) is 2.21. The first-order chi connectivity index (χ1) is 9.24. The van der Waals surface area contributed by atoms with Gasteiger partial charge in [-0.15, -0.1) is 0 Å². The van der Waals surface area contributed by atoms with E-state index in [1.54, 1.807) is 0 Å². The van der Waals surface area contributed by atoms with Crippen LogP contribution in [0, 0.1) is 10.5 Å². The first-order valence-electron chi connectivity index (χ1n) is 6.62. The quantitative estimate of drug-likeness (QED) is 0.673. The van der Waals surface area contributed by atoms with Crippen LogP contribution in [0.25, 0.3) is 0 Å². The van der Waals surface area contributed by atoms with Crippen LogP contribution in [0.5, 0.6) is 0 Å². The lowest BCUT2D eigenvalue weighted by atomic mass is 10.0. The predicted molar refractivity (Wildman–Crippen MR) is 88.9 cm³/mol. The molecule has 0 bridgehead atoms. The molecule has 96 valence electrons. The highest BCUT2D eigenvalue weighted by Gasteiger charge is 2.20. The Morgan fingerprint density at radius 2 is 1.79 bits per heavy atom. The molecule has 1 nitrogen and oxygen atoms in total. The van der Waals surface area contributed by atoms with Crippen molar-refractivity contribution in [1.29, 1.82) is 0 Å². The van der Waals surface area contributed by atoms with E-state index in [0.717, 1.165) is 12.8 Å². The van der Waals surface area contributed by atoms with E-state index in [4.69, 9.17) is 4.99 Å². The zero-order valence-corrected chi connectivity index (χ0v) is 13.1. The van der Waals surface area contributed by atoms with Gasteiger partial charge in [0, 0.05) is 9.28 Å². The monoisotopic (exact) mass is 361 g/mol. The molecule has 3 rings (SSSR count). The number of hydrogen-bond acceptors (Lipinski definition) is 1. The van der Waals surface area contributed by atoms with Crippen LogP contribution in [-0.4, -0.2) is 5.71 Å². The van der Waals surface area contributed by atoms with Crippen LogP contribution < -0.4 is 0 Å². The number of halogens is 1. The highest BCUT2D eigenvalue weighted by Crippen LogP contribution is 2.31. The maximum absolute atomic E-state index is 4.93. The Kier molecular flexibility index (Phi) is 3.69. The molecule has 0 spiro atoms. The Morgan fingerprint density at radius 3 is 2.53 bits per heavy atom. The minimum Gasteiger partial charge on any atom is -0.281 e. The summed E-state index contributed by atoms with van der Waals surface area (Å²) in [5, 5.41) is 0. The van der Waals surface area contributed by atoms with Crippen molar-refractivity contribution in [1.82, 2.24) is 0 Å². The number of aryl methyl sites for hydroxylation is 1. The molecule has 0 aromatic heterocycles. The van der Waals surface area contributed by atoms with E-state index in [1.807, 2.05) is 0 Å². The fourth-order valence-corrected chi connectivity index (χ4v) is 2.98. The van der Waals surface area contributed by atoms with Gasteiger partial charge in [0.15, 0.2) is 0 Å². The molecule has 1 aliphatic heterocycles. The Labute approximate surface area is 127 Å². The molecular weight excluding hydrogens is 345 g/mol. The van der Waals surface area contributed by atoms with Crippen molar-refractivity contribution in [3.8, 4) is 0 Å². The van der Waals surface area contributed by atoms with Gasteiger partial charge in [0.05, 0.1) is 6.04 Å². The number of nitrogens with zero attached hydrogens (tertiary/aromatic N) is 1. The Morgan fingerprint density at radius 1 is 1.05 bits per heavy atom. The van der Waals surface area contributed by atoms with E-state index in [9.17, 15) is 0 Å². The number of aliphatic imine (C=N–C) groups is 1. The molecule has 2 aromatic rings. The fraction of sp³-hybridized carbons (Fsp3) is 0.235. The third kappa shape index (κ3) is 2.73. The lowest BCUT2D eigenvalue weighted by Crippen LogP contribution is -1.98. The van der Waals surface area contributed by atoms with Gasteiger partial charge in [-0.05, 0) is 71.2 Å². The summed E-state index contributed by atoms with van der Waals surface area (Å²) < 4.78 is 1.28. The number of rotatable bonds is 2. The summed E-state index contributed by atoms with van der Waals surface area (Å²) >= 11 is 2.34. The molecule has 1 unspecified atom stereocenters. The first-order valence-corrected chi connectivity index (χ1v) is 7.70. The van der Waals surface area contributed by atoms with Gasteiger partial charge in [-0.2, -0.15) is 0 Å². The molecular formula is C17H16IN. The van der Waals surface area contributed by atoms with Crippen LogP contribution in [0.2, 0.25) is 0 Å². The third-order valence-electron chi connectivity index (χ3n) is 3.68. The summed E-state index contributed by atoms with van der Waals surface area (Å²) in [6, 6.07) is 17.6. The minimum absolute atomic E-state index is 0.339. The van der Waals surface area contributed by atoms with Gasteiger partial charge >= 0.3 is 0 Å². The molecule has 0 saturated heterocycles. The van der Waals surface area contributed by atoms with E-state index in [-0.39, 0.29) is 0 Å². The average molecular weight is 361 g/mol. The van der Waals surface area contributed by atoms with E-state index in [2.05, 4.69) is 78.0 Å². The van der Waals surface area contributed by atoms with Crippen molar-refractivity contribution < 1.29 is 0 Å². The summed E-state index contributed by atoms with van der Waals surface area (Å²) in [7, 11) is 0. The zero-order chi connectivity index (χ0) is 13.2. The Balaban J connectivity index is 1.89. The van der Waals surface area contributed by atoms with Crippen LogP contribution in [0.1, 0.15) is 35.6 Å². The molecule has 1 aliphatic rings. The van der Waals surface area contributed by atoms with Crippen molar-refractivity contribution in [2.24, 2.45) is 4.99 Å². The maximum Gasteiger partial charge on any atom is 0.0756 e. The Bertz CT molecular complexity index is 613. The molecule has 0 aliphatic carbocycles. The molecule has 2 aromatic carbocycles. The van der Waals surface area contributed by atoms with Crippen LogP contribution in [0.4, 0.5) is 0 Å². The van der Waals surface area contributed by atoms with Gasteiger partial charge in [0.25, 0.3) is 0 Å². The zero-order valence-electron chi connectivity index (χ0n) is 10.9. The number of hydrogen-bond donors (Lipinski definition) is 0. The average Bonchev–Trinajstić information content (AvgIpc) is 2.89. The molecule has 0 amide bonds. The summed E-state index contributed by atoms with van der Waals surface area (Å²) in [5.41, 5.74) is 5.24.